The van der Waals surface area contributed by atoms with Crippen molar-refractivity contribution in [1.29, 1.82) is 0 Å². The highest BCUT2D eigenvalue weighted by molar-refractivity contribution is 5.80. The van der Waals surface area contributed by atoms with Crippen LogP contribution in [0.2, 0.25) is 0 Å². The van der Waals surface area contributed by atoms with Gasteiger partial charge in [-0.05, 0) is 59.6 Å². The van der Waals surface area contributed by atoms with Gasteiger partial charge in [0.15, 0.2) is 0 Å². The van der Waals surface area contributed by atoms with Crippen LogP contribution in [-0.4, -0.2) is 25.8 Å². The average molecular weight is 440 g/mol. The Morgan fingerprint density at radius 3 is 2.03 bits per heavy atom. The zero-order chi connectivity index (χ0) is 23.3. The molecule has 1 aliphatic carbocycles. The number of allylic oxidation sites excluding steroid dienone is 1. The lowest BCUT2D eigenvalue weighted by Crippen LogP contribution is -2.40. The monoisotopic (exact) mass is 439 g/mol. The molecule has 2 heteroatoms. The van der Waals surface area contributed by atoms with Gasteiger partial charge >= 0.3 is 0 Å². The zero-order valence-corrected chi connectivity index (χ0v) is 20.5. The van der Waals surface area contributed by atoms with E-state index in [1.807, 2.05) is 7.11 Å². The molecule has 0 amide bonds. The highest BCUT2D eigenvalue weighted by atomic mass is 16.5. The van der Waals surface area contributed by atoms with Crippen LogP contribution in [0, 0.1) is 0 Å². The SMILES string of the molecule is COCC1(CC(C)NC(C)C)C=C(Cc2ccccc2)c2c(Cc3ccccc3)cccc21. The summed E-state index contributed by atoms with van der Waals surface area (Å²) in [4.78, 5) is 0. The third-order valence-electron chi connectivity index (χ3n) is 6.62. The molecule has 2 nitrogen and oxygen atoms in total. The fourth-order valence-corrected chi connectivity index (χ4v) is 5.58. The van der Waals surface area contributed by atoms with E-state index in [1.54, 1.807) is 0 Å². The van der Waals surface area contributed by atoms with Crippen molar-refractivity contribution in [2.24, 2.45) is 0 Å². The fraction of sp³-hybridized carbons (Fsp3) is 0.355. The Balaban J connectivity index is 1.80. The Hall–Kier alpha value is -2.68. The predicted molar refractivity (Wildman–Crippen MR) is 140 cm³/mol. The molecule has 0 aromatic heterocycles. The molecular formula is C31H37NO. The average Bonchev–Trinajstić information content (AvgIpc) is 3.08. The molecule has 0 radical (unpaired) electrons. The first-order valence-electron chi connectivity index (χ1n) is 12.2. The van der Waals surface area contributed by atoms with Gasteiger partial charge in [-0.2, -0.15) is 0 Å². The van der Waals surface area contributed by atoms with Crippen molar-refractivity contribution in [2.45, 2.75) is 57.5 Å². The van der Waals surface area contributed by atoms with Crippen LogP contribution in [0.4, 0.5) is 0 Å². The number of fused-ring (bicyclic) bond motifs is 1. The van der Waals surface area contributed by atoms with E-state index in [2.05, 4.69) is 111 Å². The molecule has 0 heterocycles. The van der Waals surface area contributed by atoms with Crippen LogP contribution in [-0.2, 0) is 23.0 Å². The Bertz CT molecular complexity index is 1070. The van der Waals surface area contributed by atoms with E-state index in [9.17, 15) is 0 Å². The molecule has 1 aliphatic rings. The van der Waals surface area contributed by atoms with Crippen LogP contribution >= 0.6 is 0 Å². The smallest absolute Gasteiger partial charge is 0.0595 e. The van der Waals surface area contributed by atoms with Gasteiger partial charge in [-0.1, -0.05) is 98.8 Å². The fourth-order valence-electron chi connectivity index (χ4n) is 5.58. The van der Waals surface area contributed by atoms with Gasteiger partial charge in [-0.3, -0.25) is 0 Å². The lowest BCUT2D eigenvalue weighted by Gasteiger charge is -2.33. The summed E-state index contributed by atoms with van der Waals surface area (Å²) in [5.41, 5.74) is 8.26. The molecule has 1 N–H and O–H groups in total. The molecule has 33 heavy (non-hydrogen) atoms. The number of nitrogens with one attached hydrogen (secondary N) is 1. The van der Waals surface area contributed by atoms with Crippen molar-refractivity contribution in [1.82, 2.24) is 5.32 Å². The summed E-state index contributed by atoms with van der Waals surface area (Å²) in [6.45, 7) is 7.43. The maximum absolute atomic E-state index is 5.88. The quantitative estimate of drug-likeness (QED) is 0.385. The van der Waals surface area contributed by atoms with Crippen molar-refractivity contribution in [2.75, 3.05) is 13.7 Å². The van der Waals surface area contributed by atoms with E-state index >= 15 is 0 Å². The molecule has 172 valence electrons. The van der Waals surface area contributed by atoms with Crippen LogP contribution in [0.5, 0.6) is 0 Å². The van der Waals surface area contributed by atoms with Gasteiger partial charge in [0.2, 0.25) is 0 Å². The van der Waals surface area contributed by atoms with Gasteiger partial charge in [-0.15, -0.1) is 0 Å². The third-order valence-corrected chi connectivity index (χ3v) is 6.62. The topological polar surface area (TPSA) is 21.3 Å². The van der Waals surface area contributed by atoms with Crippen LogP contribution in [0.1, 0.15) is 55.0 Å². The highest BCUT2D eigenvalue weighted by Gasteiger charge is 2.40. The summed E-state index contributed by atoms with van der Waals surface area (Å²) in [5, 5.41) is 3.72. The Kier molecular flexibility index (Phi) is 7.47. The minimum absolute atomic E-state index is 0.123. The second kappa shape index (κ2) is 10.5. The van der Waals surface area contributed by atoms with Gasteiger partial charge in [0.1, 0.15) is 0 Å². The number of rotatable bonds is 10. The minimum Gasteiger partial charge on any atom is -0.383 e. The highest BCUT2D eigenvalue weighted by Crippen LogP contribution is 2.46. The summed E-state index contributed by atoms with van der Waals surface area (Å²) in [5.74, 6) is 0. The molecule has 3 aromatic rings. The summed E-state index contributed by atoms with van der Waals surface area (Å²) >= 11 is 0. The van der Waals surface area contributed by atoms with E-state index in [1.165, 1.54) is 33.4 Å². The lowest BCUT2D eigenvalue weighted by molar-refractivity contribution is 0.141. The second-order valence-electron chi connectivity index (χ2n) is 9.85. The lowest BCUT2D eigenvalue weighted by atomic mass is 9.77. The Labute approximate surface area is 199 Å². The molecule has 0 spiro atoms. The van der Waals surface area contributed by atoms with Crippen LogP contribution in [0.25, 0.3) is 5.57 Å². The molecule has 2 atom stereocenters. The van der Waals surface area contributed by atoms with Crippen molar-refractivity contribution in [3.8, 4) is 0 Å². The predicted octanol–water partition coefficient (Wildman–Crippen LogP) is 6.58. The van der Waals surface area contributed by atoms with Crippen molar-refractivity contribution in [3.05, 3.63) is 113 Å². The van der Waals surface area contributed by atoms with E-state index in [4.69, 9.17) is 4.74 Å². The van der Waals surface area contributed by atoms with Crippen LogP contribution in [0.3, 0.4) is 0 Å². The molecule has 0 aliphatic heterocycles. The summed E-state index contributed by atoms with van der Waals surface area (Å²) in [6.07, 6.45) is 5.43. The normalized spacial score (nSPS) is 18.3. The largest absolute Gasteiger partial charge is 0.383 e. The molecular weight excluding hydrogens is 402 g/mol. The number of ether oxygens (including phenoxy) is 1. The van der Waals surface area contributed by atoms with Gasteiger partial charge in [0.05, 0.1) is 6.61 Å². The van der Waals surface area contributed by atoms with Crippen LogP contribution in [0.15, 0.2) is 84.9 Å². The maximum atomic E-state index is 5.88. The molecule has 2 unspecified atom stereocenters. The first-order valence-corrected chi connectivity index (χ1v) is 12.2. The standard InChI is InChI=1S/C31H37NO/c1-23(2)32-24(3)20-31(22-33-4)21-28(19-26-14-9-6-10-15-26)30-27(16-11-17-29(30)31)18-25-12-7-5-8-13-25/h5-17,21,23-24,32H,18-20,22H2,1-4H3. The second-order valence-corrected chi connectivity index (χ2v) is 9.85. The number of methoxy groups -OCH3 is 1. The first-order chi connectivity index (χ1) is 16.0. The molecule has 0 saturated carbocycles. The van der Waals surface area contributed by atoms with E-state index in [-0.39, 0.29) is 5.41 Å². The maximum Gasteiger partial charge on any atom is 0.0595 e. The van der Waals surface area contributed by atoms with Crippen molar-refractivity contribution < 1.29 is 4.74 Å². The molecule has 0 saturated heterocycles. The van der Waals surface area contributed by atoms with Crippen molar-refractivity contribution >= 4 is 5.57 Å². The first kappa shape index (κ1) is 23.5. The number of benzene rings is 3. The summed E-state index contributed by atoms with van der Waals surface area (Å²) < 4.78 is 5.88. The summed E-state index contributed by atoms with van der Waals surface area (Å²) in [6, 6.07) is 29.4. The number of hydrogen-bond acceptors (Lipinski definition) is 2. The Morgan fingerprint density at radius 1 is 0.788 bits per heavy atom. The third kappa shape index (κ3) is 5.46. The minimum atomic E-state index is -0.123. The van der Waals surface area contributed by atoms with E-state index in [0.29, 0.717) is 18.7 Å². The van der Waals surface area contributed by atoms with E-state index in [0.717, 1.165) is 19.3 Å². The summed E-state index contributed by atoms with van der Waals surface area (Å²) in [7, 11) is 1.83. The number of hydrogen-bond donors (Lipinski definition) is 1. The van der Waals surface area contributed by atoms with Crippen LogP contribution < -0.4 is 5.32 Å². The van der Waals surface area contributed by atoms with E-state index < -0.39 is 0 Å². The van der Waals surface area contributed by atoms with Crippen molar-refractivity contribution in [3.63, 3.8) is 0 Å². The van der Waals surface area contributed by atoms with Gasteiger partial charge < -0.3 is 10.1 Å². The van der Waals surface area contributed by atoms with Gasteiger partial charge in [0, 0.05) is 24.6 Å². The zero-order valence-electron chi connectivity index (χ0n) is 20.5. The molecule has 4 rings (SSSR count). The van der Waals surface area contributed by atoms with Gasteiger partial charge in [-0.25, -0.2) is 0 Å². The molecule has 0 bridgehead atoms. The Morgan fingerprint density at radius 2 is 1.42 bits per heavy atom. The van der Waals surface area contributed by atoms with Gasteiger partial charge in [0.25, 0.3) is 0 Å². The molecule has 3 aromatic carbocycles. The molecule has 0 fully saturated rings.